The molecule has 0 bridgehead atoms. The first-order valence-electron chi connectivity index (χ1n) is 9.09. The van der Waals surface area contributed by atoms with Gasteiger partial charge in [-0.3, -0.25) is 0 Å². The van der Waals surface area contributed by atoms with Crippen LogP contribution in [-0.4, -0.2) is 14.8 Å². The van der Waals surface area contributed by atoms with Crippen molar-refractivity contribution in [1.29, 1.82) is 0 Å². The van der Waals surface area contributed by atoms with E-state index in [1.807, 2.05) is 30.9 Å². The lowest BCUT2D eigenvalue weighted by atomic mass is 10.1. The molecule has 0 N–H and O–H groups in total. The van der Waals surface area contributed by atoms with Crippen LogP contribution in [0.1, 0.15) is 63.2 Å². The molecule has 2 nitrogen and oxygen atoms in total. The predicted octanol–water partition coefficient (Wildman–Crippen LogP) is 6.76. The van der Waals surface area contributed by atoms with Crippen molar-refractivity contribution in [2.75, 3.05) is 0 Å². The average Bonchev–Trinajstić information content (AvgIpc) is 3.08. The third-order valence-corrected chi connectivity index (χ3v) is 6.21. The molecule has 0 aliphatic heterocycles. The zero-order chi connectivity index (χ0) is 17.2. The third-order valence-electron chi connectivity index (χ3n) is 4.26. The predicted molar refractivity (Wildman–Crippen MR) is 107 cm³/mol. The fraction of sp³-hybridized carbons (Fsp3) is 0.550. The highest BCUT2D eigenvalue weighted by molar-refractivity contribution is 8.00. The fourth-order valence-corrected chi connectivity index (χ4v) is 4.98. The first kappa shape index (κ1) is 19.4. The van der Waals surface area contributed by atoms with Crippen molar-refractivity contribution in [3.05, 3.63) is 53.6 Å². The number of hydrogen-bond donors (Lipinski definition) is 0. The zero-order valence-corrected chi connectivity index (χ0v) is 16.4. The standard InChI is InChI=1S/C20H29ClN2S/c1-3-6-19(7-4-2)24-20(17-9-11-18(21)12-10-17)8-5-14-23-15-13-22-16-23/h9-13,15-16,19-20H,3-8,14H2,1-2H3. The van der Waals surface area contributed by atoms with Gasteiger partial charge in [0.1, 0.15) is 0 Å². The van der Waals surface area contributed by atoms with Gasteiger partial charge in [-0.15, -0.1) is 0 Å². The molecule has 1 unspecified atom stereocenters. The monoisotopic (exact) mass is 364 g/mol. The van der Waals surface area contributed by atoms with Crippen molar-refractivity contribution >= 4 is 23.4 Å². The lowest BCUT2D eigenvalue weighted by Gasteiger charge is -2.24. The molecule has 2 rings (SSSR count). The molecule has 132 valence electrons. The van der Waals surface area contributed by atoms with E-state index in [0.29, 0.717) is 5.25 Å². The number of aryl methyl sites for hydroxylation is 1. The highest BCUT2D eigenvalue weighted by atomic mass is 35.5. The smallest absolute Gasteiger partial charge is 0.0945 e. The molecular formula is C20H29ClN2S. The molecule has 0 amide bonds. The van der Waals surface area contributed by atoms with Gasteiger partial charge in [0.05, 0.1) is 6.33 Å². The summed E-state index contributed by atoms with van der Waals surface area (Å²) >= 11 is 8.24. The average molecular weight is 365 g/mol. The summed E-state index contributed by atoms with van der Waals surface area (Å²) < 4.78 is 2.17. The number of halogens is 1. The molecule has 2 aromatic rings. The van der Waals surface area contributed by atoms with Crippen LogP contribution in [0.4, 0.5) is 0 Å². The molecule has 0 aliphatic rings. The van der Waals surface area contributed by atoms with E-state index in [2.05, 4.69) is 47.3 Å². The Kier molecular flexibility index (Phi) is 8.76. The normalized spacial score (nSPS) is 12.7. The zero-order valence-electron chi connectivity index (χ0n) is 14.8. The molecule has 0 aliphatic carbocycles. The van der Waals surface area contributed by atoms with E-state index < -0.39 is 0 Å². The Hall–Kier alpha value is -0.930. The van der Waals surface area contributed by atoms with Crippen molar-refractivity contribution in [2.24, 2.45) is 0 Å². The molecule has 0 spiro atoms. The number of aromatic nitrogens is 2. The van der Waals surface area contributed by atoms with Crippen molar-refractivity contribution in [3.63, 3.8) is 0 Å². The summed E-state index contributed by atoms with van der Waals surface area (Å²) in [5.41, 5.74) is 1.41. The Balaban J connectivity index is 2.00. The molecule has 24 heavy (non-hydrogen) atoms. The molecule has 1 atom stereocenters. The molecule has 4 heteroatoms. The summed E-state index contributed by atoms with van der Waals surface area (Å²) in [6, 6.07) is 8.45. The SMILES string of the molecule is CCCC(CCC)SC(CCCn1ccnc1)c1ccc(Cl)cc1. The van der Waals surface area contributed by atoms with Crippen LogP contribution in [0.15, 0.2) is 43.0 Å². The van der Waals surface area contributed by atoms with Gasteiger partial charge in [0.2, 0.25) is 0 Å². The number of imidazole rings is 1. The molecule has 1 aromatic heterocycles. The molecular weight excluding hydrogens is 336 g/mol. The minimum Gasteiger partial charge on any atom is -0.337 e. The summed E-state index contributed by atoms with van der Waals surface area (Å²) in [6.07, 6.45) is 13.3. The van der Waals surface area contributed by atoms with Crippen LogP contribution < -0.4 is 0 Å². The summed E-state index contributed by atoms with van der Waals surface area (Å²) in [7, 11) is 0. The Bertz CT molecular complexity index is 548. The molecule has 0 fully saturated rings. The topological polar surface area (TPSA) is 17.8 Å². The van der Waals surface area contributed by atoms with E-state index in [9.17, 15) is 0 Å². The van der Waals surface area contributed by atoms with Crippen molar-refractivity contribution in [1.82, 2.24) is 9.55 Å². The summed E-state index contributed by atoms with van der Waals surface area (Å²) in [6.45, 7) is 5.62. The largest absolute Gasteiger partial charge is 0.337 e. The highest BCUT2D eigenvalue weighted by Crippen LogP contribution is 2.39. The van der Waals surface area contributed by atoms with Crippen LogP contribution in [0.3, 0.4) is 0 Å². The second-order valence-electron chi connectivity index (χ2n) is 6.32. The second kappa shape index (κ2) is 10.8. The maximum absolute atomic E-state index is 6.08. The van der Waals surface area contributed by atoms with Gasteiger partial charge in [0.25, 0.3) is 0 Å². The van der Waals surface area contributed by atoms with E-state index >= 15 is 0 Å². The number of rotatable bonds is 11. The Morgan fingerprint density at radius 1 is 1.08 bits per heavy atom. The first-order chi connectivity index (χ1) is 11.7. The molecule has 1 heterocycles. The minimum absolute atomic E-state index is 0.550. The van der Waals surface area contributed by atoms with E-state index in [4.69, 9.17) is 11.6 Å². The Morgan fingerprint density at radius 2 is 1.79 bits per heavy atom. The fourth-order valence-electron chi connectivity index (χ4n) is 3.03. The van der Waals surface area contributed by atoms with Gasteiger partial charge in [-0.25, -0.2) is 4.98 Å². The van der Waals surface area contributed by atoms with Gasteiger partial charge in [-0.1, -0.05) is 50.4 Å². The van der Waals surface area contributed by atoms with Gasteiger partial charge in [0, 0.05) is 34.5 Å². The second-order valence-corrected chi connectivity index (χ2v) is 8.26. The summed E-state index contributed by atoms with van der Waals surface area (Å²) in [5.74, 6) is 0. The van der Waals surface area contributed by atoms with Crippen LogP contribution in [0.25, 0.3) is 0 Å². The minimum atomic E-state index is 0.550. The molecule has 0 saturated heterocycles. The third kappa shape index (κ3) is 6.52. The number of benzene rings is 1. The quantitative estimate of drug-likeness (QED) is 0.438. The summed E-state index contributed by atoms with van der Waals surface area (Å²) in [5, 5.41) is 2.13. The molecule has 1 aromatic carbocycles. The van der Waals surface area contributed by atoms with Gasteiger partial charge >= 0.3 is 0 Å². The van der Waals surface area contributed by atoms with Crippen molar-refractivity contribution < 1.29 is 0 Å². The van der Waals surface area contributed by atoms with Crippen molar-refractivity contribution in [2.45, 2.75) is 69.4 Å². The lowest BCUT2D eigenvalue weighted by molar-refractivity contribution is 0.599. The van der Waals surface area contributed by atoms with Crippen molar-refractivity contribution in [3.8, 4) is 0 Å². The summed E-state index contributed by atoms with van der Waals surface area (Å²) in [4.78, 5) is 4.13. The lowest BCUT2D eigenvalue weighted by Crippen LogP contribution is -2.07. The molecule has 0 radical (unpaired) electrons. The van der Waals surface area contributed by atoms with Crippen LogP contribution >= 0.6 is 23.4 Å². The van der Waals surface area contributed by atoms with Crippen LogP contribution in [-0.2, 0) is 6.54 Å². The van der Waals surface area contributed by atoms with Crippen LogP contribution in [0.2, 0.25) is 5.02 Å². The van der Waals surface area contributed by atoms with Crippen LogP contribution in [0.5, 0.6) is 0 Å². The first-order valence-corrected chi connectivity index (χ1v) is 10.4. The van der Waals surface area contributed by atoms with Gasteiger partial charge in [0.15, 0.2) is 0 Å². The van der Waals surface area contributed by atoms with Gasteiger partial charge < -0.3 is 4.57 Å². The Labute approximate surface area is 156 Å². The molecule has 0 saturated carbocycles. The van der Waals surface area contributed by atoms with Gasteiger partial charge in [-0.2, -0.15) is 11.8 Å². The van der Waals surface area contributed by atoms with E-state index in [-0.39, 0.29) is 0 Å². The van der Waals surface area contributed by atoms with Gasteiger partial charge in [-0.05, 0) is 43.4 Å². The number of hydrogen-bond acceptors (Lipinski definition) is 2. The highest BCUT2D eigenvalue weighted by Gasteiger charge is 2.18. The van der Waals surface area contributed by atoms with E-state index in [1.54, 1.807) is 0 Å². The number of thioether (sulfide) groups is 1. The maximum Gasteiger partial charge on any atom is 0.0945 e. The van der Waals surface area contributed by atoms with E-state index in [1.165, 1.54) is 44.1 Å². The number of nitrogens with zero attached hydrogens (tertiary/aromatic N) is 2. The Morgan fingerprint density at radius 3 is 2.38 bits per heavy atom. The maximum atomic E-state index is 6.08. The van der Waals surface area contributed by atoms with E-state index in [0.717, 1.165) is 16.8 Å². The van der Waals surface area contributed by atoms with Crippen LogP contribution in [0, 0.1) is 0 Å².